The summed E-state index contributed by atoms with van der Waals surface area (Å²) in [6.45, 7) is 2.23. The molecule has 1 heterocycles. The largest absolute Gasteiger partial charge is 0.395 e. The van der Waals surface area contributed by atoms with Crippen LogP contribution >= 0.6 is 22.9 Å². The average Bonchev–Trinajstić information content (AvgIpc) is 2.65. The zero-order valence-corrected chi connectivity index (χ0v) is 11.3. The van der Waals surface area contributed by atoms with E-state index in [2.05, 4.69) is 0 Å². The van der Waals surface area contributed by atoms with E-state index in [1.807, 2.05) is 6.92 Å². The van der Waals surface area contributed by atoms with Crippen molar-refractivity contribution in [3.63, 3.8) is 0 Å². The lowest BCUT2D eigenvalue weighted by Gasteiger charge is -2.19. The molecule has 1 rings (SSSR count). The molecule has 0 amide bonds. The molecule has 0 bridgehead atoms. The fraction of sp³-hybridized carbons (Fsp3) is 0.556. The molecular formula is C9H14ClNO3S2. The van der Waals surface area contributed by atoms with Gasteiger partial charge in [-0.2, -0.15) is 4.31 Å². The van der Waals surface area contributed by atoms with Gasteiger partial charge in [0.1, 0.15) is 4.21 Å². The number of thiophene rings is 1. The maximum absolute atomic E-state index is 12.1. The summed E-state index contributed by atoms with van der Waals surface area (Å²) < 4.78 is 26.1. The lowest BCUT2D eigenvalue weighted by molar-refractivity contribution is 0.254. The van der Waals surface area contributed by atoms with Crippen molar-refractivity contribution in [2.45, 2.75) is 17.6 Å². The fourth-order valence-electron chi connectivity index (χ4n) is 1.28. The monoisotopic (exact) mass is 283 g/mol. The van der Waals surface area contributed by atoms with Crippen molar-refractivity contribution in [3.05, 3.63) is 16.5 Å². The molecule has 0 spiro atoms. The van der Waals surface area contributed by atoms with Crippen LogP contribution in [0.2, 0.25) is 4.34 Å². The molecule has 1 aromatic heterocycles. The van der Waals surface area contributed by atoms with E-state index in [1.165, 1.54) is 10.4 Å². The third kappa shape index (κ3) is 3.18. The van der Waals surface area contributed by atoms with Gasteiger partial charge >= 0.3 is 0 Å². The Labute approximate surface area is 105 Å². The van der Waals surface area contributed by atoms with Crippen molar-refractivity contribution in [1.29, 1.82) is 0 Å². The highest BCUT2D eigenvalue weighted by Crippen LogP contribution is 2.28. The Balaban J connectivity index is 2.97. The molecule has 92 valence electrons. The molecule has 4 nitrogen and oxygen atoms in total. The molecule has 1 aromatic rings. The van der Waals surface area contributed by atoms with Gasteiger partial charge in [-0.15, -0.1) is 11.3 Å². The van der Waals surface area contributed by atoms with Gasteiger partial charge in [0.15, 0.2) is 0 Å². The summed E-state index contributed by atoms with van der Waals surface area (Å²) in [5, 5.41) is 8.85. The molecule has 0 saturated carbocycles. The minimum absolute atomic E-state index is 0.117. The lowest BCUT2D eigenvalue weighted by atomic mass is 10.5. The van der Waals surface area contributed by atoms with Crippen LogP contribution in [0, 0.1) is 0 Å². The number of hydrogen-bond donors (Lipinski definition) is 1. The van der Waals surface area contributed by atoms with E-state index in [4.69, 9.17) is 16.7 Å². The summed E-state index contributed by atoms with van der Waals surface area (Å²) >= 11 is 6.74. The van der Waals surface area contributed by atoms with Crippen molar-refractivity contribution in [3.8, 4) is 0 Å². The van der Waals surface area contributed by atoms with Crippen LogP contribution < -0.4 is 0 Å². The molecular weight excluding hydrogens is 270 g/mol. The lowest BCUT2D eigenvalue weighted by Crippen LogP contribution is -2.33. The van der Waals surface area contributed by atoms with E-state index in [1.54, 1.807) is 6.07 Å². The van der Waals surface area contributed by atoms with E-state index in [0.29, 0.717) is 17.3 Å². The van der Waals surface area contributed by atoms with Crippen LogP contribution in [0.4, 0.5) is 0 Å². The number of aliphatic hydroxyl groups excluding tert-OH is 1. The second-order valence-corrected chi connectivity index (χ2v) is 7.07. The molecule has 0 saturated heterocycles. The molecule has 7 heteroatoms. The van der Waals surface area contributed by atoms with Gasteiger partial charge in [0.2, 0.25) is 0 Å². The van der Waals surface area contributed by atoms with E-state index in [9.17, 15) is 8.42 Å². The predicted octanol–water partition coefficient (Wildman–Crippen LogP) is 1.79. The first-order chi connectivity index (χ1) is 7.52. The molecule has 0 aromatic carbocycles. The van der Waals surface area contributed by atoms with Crippen molar-refractivity contribution < 1.29 is 13.5 Å². The summed E-state index contributed by atoms with van der Waals surface area (Å²) in [4.78, 5) is 0. The first-order valence-electron chi connectivity index (χ1n) is 4.88. The number of sulfonamides is 1. The second kappa shape index (κ2) is 5.97. The van der Waals surface area contributed by atoms with Crippen LogP contribution in [0.1, 0.15) is 13.3 Å². The smallest absolute Gasteiger partial charge is 0.252 e. The highest BCUT2D eigenvalue weighted by atomic mass is 35.5. The van der Waals surface area contributed by atoms with Gasteiger partial charge in [-0.1, -0.05) is 18.5 Å². The average molecular weight is 284 g/mol. The van der Waals surface area contributed by atoms with Crippen molar-refractivity contribution in [2.24, 2.45) is 0 Å². The van der Waals surface area contributed by atoms with Gasteiger partial charge in [0, 0.05) is 13.1 Å². The summed E-state index contributed by atoms with van der Waals surface area (Å²) in [5.41, 5.74) is 0. The van der Waals surface area contributed by atoms with Gasteiger partial charge in [-0.05, 0) is 18.6 Å². The van der Waals surface area contributed by atoms with Gasteiger partial charge in [-0.25, -0.2) is 8.42 Å². The second-order valence-electron chi connectivity index (χ2n) is 3.19. The SMILES string of the molecule is CCCN(CCO)S(=O)(=O)c1ccc(Cl)s1. The normalized spacial score (nSPS) is 12.2. The molecule has 0 radical (unpaired) electrons. The Hall–Kier alpha value is -0.140. The molecule has 1 N–H and O–H groups in total. The third-order valence-corrected chi connectivity index (χ3v) is 5.56. The highest BCUT2D eigenvalue weighted by Gasteiger charge is 2.24. The number of hydrogen-bond acceptors (Lipinski definition) is 4. The topological polar surface area (TPSA) is 57.6 Å². The Kier molecular flexibility index (Phi) is 5.20. The summed E-state index contributed by atoms with van der Waals surface area (Å²) in [6.07, 6.45) is 0.707. The van der Waals surface area contributed by atoms with E-state index < -0.39 is 10.0 Å². The molecule has 0 fully saturated rings. The number of halogens is 1. The summed E-state index contributed by atoms with van der Waals surface area (Å²) in [7, 11) is -3.50. The number of nitrogens with zero attached hydrogens (tertiary/aromatic N) is 1. The molecule has 0 aliphatic rings. The van der Waals surface area contributed by atoms with Gasteiger partial charge < -0.3 is 5.11 Å². The third-order valence-electron chi connectivity index (χ3n) is 1.97. The van der Waals surface area contributed by atoms with Crippen LogP contribution in [0.5, 0.6) is 0 Å². The molecule has 0 aliphatic carbocycles. The van der Waals surface area contributed by atoms with Crippen molar-refractivity contribution in [2.75, 3.05) is 19.7 Å². The number of aliphatic hydroxyl groups is 1. The zero-order chi connectivity index (χ0) is 12.2. The minimum Gasteiger partial charge on any atom is -0.395 e. The molecule has 0 atom stereocenters. The summed E-state index contributed by atoms with van der Waals surface area (Å²) in [5.74, 6) is 0. The van der Waals surface area contributed by atoms with E-state index in [0.717, 1.165) is 11.3 Å². The predicted molar refractivity (Wildman–Crippen MR) is 65.5 cm³/mol. The van der Waals surface area contributed by atoms with Crippen molar-refractivity contribution in [1.82, 2.24) is 4.31 Å². The molecule has 0 unspecified atom stereocenters. The van der Waals surface area contributed by atoms with Crippen LogP contribution in [0.25, 0.3) is 0 Å². The first-order valence-corrected chi connectivity index (χ1v) is 7.52. The Morgan fingerprint density at radius 3 is 2.56 bits per heavy atom. The van der Waals surface area contributed by atoms with Crippen LogP contribution in [0.15, 0.2) is 16.3 Å². The van der Waals surface area contributed by atoms with E-state index >= 15 is 0 Å². The van der Waals surface area contributed by atoms with E-state index in [-0.39, 0.29) is 17.4 Å². The van der Waals surface area contributed by atoms with Gasteiger partial charge in [-0.3, -0.25) is 0 Å². The Morgan fingerprint density at radius 1 is 1.44 bits per heavy atom. The van der Waals surface area contributed by atoms with Crippen LogP contribution in [0.3, 0.4) is 0 Å². The quantitative estimate of drug-likeness (QED) is 0.866. The number of rotatable bonds is 6. The van der Waals surface area contributed by atoms with Gasteiger partial charge in [0.05, 0.1) is 10.9 Å². The first kappa shape index (κ1) is 13.9. The van der Waals surface area contributed by atoms with Gasteiger partial charge in [0.25, 0.3) is 10.0 Å². The Morgan fingerprint density at radius 2 is 2.12 bits per heavy atom. The highest BCUT2D eigenvalue weighted by molar-refractivity contribution is 7.91. The standard InChI is InChI=1S/C9H14ClNO3S2/c1-2-5-11(6-7-12)16(13,14)9-4-3-8(10)15-9/h3-4,12H,2,5-7H2,1H3. The Bertz CT molecular complexity index is 424. The van der Waals surface area contributed by atoms with Crippen molar-refractivity contribution >= 4 is 33.0 Å². The minimum atomic E-state index is -3.50. The molecule has 0 aliphatic heterocycles. The maximum atomic E-state index is 12.1. The summed E-state index contributed by atoms with van der Waals surface area (Å²) in [6, 6.07) is 3.05. The van der Waals surface area contributed by atoms with Crippen LogP contribution in [-0.4, -0.2) is 37.5 Å². The maximum Gasteiger partial charge on any atom is 0.252 e. The fourth-order valence-corrected chi connectivity index (χ4v) is 4.44. The zero-order valence-electron chi connectivity index (χ0n) is 8.89. The molecule has 16 heavy (non-hydrogen) atoms. The van der Waals surface area contributed by atoms with Crippen LogP contribution in [-0.2, 0) is 10.0 Å².